The molecule has 1 aromatic carbocycles. The van der Waals surface area contributed by atoms with Gasteiger partial charge in [-0.15, -0.1) is 0 Å². The minimum absolute atomic E-state index is 0.162. The van der Waals surface area contributed by atoms with Crippen LogP contribution in [0.2, 0.25) is 10.0 Å². The van der Waals surface area contributed by atoms with Gasteiger partial charge in [0.2, 0.25) is 0 Å². The lowest BCUT2D eigenvalue weighted by Gasteiger charge is -2.15. The number of hydrogen-bond acceptors (Lipinski definition) is 2. The second-order valence-corrected chi connectivity index (χ2v) is 5.58. The van der Waals surface area contributed by atoms with Crippen LogP contribution in [0.4, 0.5) is 5.69 Å². The maximum atomic E-state index is 8.75. The van der Waals surface area contributed by atoms with Gasteiger partial charge < -0.3 is 5.32 Å². The number of nitriles is 1. The number of nitrogens with one attached hydrogen (secondary N) is 1. The lowest BCUT2D eigenvalue weighted by molar-refractivity contribution is 0.557. The average Bonchev–Trinajstić information content (AvgIpc) is 3.03. The molecule has 1 aliphatic rings. The van der Waals surface area contributed by atoms with E-state index in [1.807, 2.05) is 19.1 Å². The van der Waals surface area contributed by atoms with Crippen molar-refractivity contribution in [1.29, 1.82) is 5.26 Å². The fourth-order valence-electron chi connectivity index (χ4n) is 1.83. The average molecular weight is 269 g/mol. The van der Waals surface area contributed by atoms with E-state index < -0.39 is 0 Å². The zero-order valence-corrected chi connectivity index (χ0v) is 11.2. The van der Waals surface area contributed by atoms with Crippen molar-refractivity contribution in [1.82, 2.24) is 0 Å². The summed E-state index contributed by atoms with van der Waals surface area (Å²) in [7, 11) is 0. The van der Waals surface area contributed by atoms with Crippen LogP contribution in [0.3, 0.4) is 0 Å². The summed E-state index contributed by atoms with van der Waals surface area (Å²) in [5.74, 6) is 0. The predicted molar refractivity (Wildman–Crippen MR) is 71.6 cm³/mol. The standard InChI is InChI=1S/C13H14Cl2N2/c1-9-6-11(15)12(7-10(9)14)17-8-13(2-3-13)4-5-16/h6-7,17H,2-4,8H2,1H3. The van der Waals surface area contributed by atoms with Crippen molar-refractivity contribution in [3.63, 3.8) is 0 Å². The molecule has 0 bridgehead atoms. The third kappa shape index (κ3) is 2.86. The smallest absolute Gasteiger partial charge is 0.0641 e. The van der Waals surface area contributed by atoms with Crippen LogP contribution >= 0.6 is 23.2 Å². The largest absolute Gasteiger partial charge is 0.383 e. The van der Waals surface area contributed by atoms with Crippen LogP contribution in [-0.4, -0.2) is 6.54 Å². The van der Waals surface area contributed by atoms with E-state index in [2.05, 4.69) is 11.4 Å². The molecule has 2 nitrogen and oxygen atoms in total. The van der Waals surface area contributed by atoms with Crippen molar-refractivity contribution < 1.29 is 0 Å². The molecule has 0 aromatic heterocycles. The first-order valence-corrected chi connectivity index (χ1v) is 6.38. The van der Waals surface area contributed by atoms with E-state index in [0.29, 0.717) is 16.5 Å². The van der Waals surface area contributed by atoms with Gasteiger partial charge in [-0.25, -0.2) is 0 Å². The van der Waals surface area contributed by atoms with E-state index in [0.717, 1.165) is 30.6 Å². The number of halogens is 2. The summed E-state index contributed by atoms with van der Waals surface area (Å²) < 4.78 is 0. The summed E-state index contributed by atoms with van der Waals surface area (Å²) in [6.45, 7) is 2.72. The van der Waals surface area contributed by atoms with Crippen molar-refractivity contribution in [2.45, 2.75) is 26.2 Å². The SMILES string of the molecule is Cc1cc(Cl)c(NCC2(CC#N)CC2)cc1Cl. The third-order valence-electron chi connectivity index (χ3n) is 3.31. The Morgan fingerprint density at radius 2 is 2.06 bits per heavy atom. The topological polar surface area (TPSA) is 35.8 Å². The maximum absolute atomic E-state index is 8.75. The van der Waals surface area contributed by atoms with Gasteiger partial charge in [-0.1, -0.05) is 23.2 Å². The van der Waals surface area contributed by atoms with E-state index in [4.69, 9.17) is 28.5 Å². The lowest BCUT2D eigenvalue weighted by Crippen LogP contribution is -2.15. The molecule has 2 rings (SSSR count). The quantitative estimate of drug-likeness (QED) is 0.878. The Morgan fingerprint density at radius 3 is 2.65 bits per heavy atom. The highest BCUT2D eigenvalue weighted by Crippen LogP contribution is 2.48. The fourth-order valence-corrected chi connectivity index (χ4v) is 2.27. The molecule has 1 saturated carbocycles. The number of nitrogens with zero attached hydrogens (tertiary/aromatic N) is 1. The van der Waals surface area contributed by atoms with Gasteiger partial charge in [-0.2, -0.15) is 5.26 Å². The van der Waals surface area contributed by atoms with Gasteiger partial charge in [-0.05, 0) is 37.5 Å². The lowest BCUT2D eigenvalue weighted by atomic mass is 10.0. The van der Waals surface area contributed by atoms with E-state index in [1.54, 1.807) is 0 Å². The molecule has 4 heteroatoms. The van der Waals surface area contributed by atoms with Gasteiger partial charge in [-0.3, -0.25) is 0 Å². The molecule has 1 N–H and O–H groups in total. The number of benzene rings is 1. The summed E-state index contributed by atoms with van der Waals surface area (Å²) >= 11 is 12.2. The highest BCUT2D eigenvalue weighted by atomic mass is 35.5. The molecule has 1 fully saturated rings. The Labute approximate surface area is 112 Å². The Bertz CT molecular complexity index is 473. The third-order valence-corrected chi connectivity index (χ3v) is 4.03. The van der Waals surface area contributed by atoms with Crippen LogP contribution in [0.5, 0.6) is 0 Å². The molecule has 0 aliphatic heterocycles. The molecule has 0 saturated heterocycles. The molecule has 17 heavy (non-hydrogen) atoms. The van der Waals surface area contributed by atoms with E-state index in [9.17, 15) is 0 Å². The Kier molecular flexibility index (Phi) is 3.51. The minimum atomic E-state index is 0.162. The van der Waals surface area contributed by atoms with Crippen molar-refractivity contribution in [2.75, 3.05) is 11.9 Å². The van der Waals surface area contributed by atoms with Crippen LogP contribution in [0.1, 0.15) is 24.8 Å². The van der Waals surface area contributed by atoms with Crippen LogP contribution in [0.15, 0.2) is 12.1 Å². The van der Waals surface area contributed by atoms with Gasteiger partial charge >= 0.3 is 0 Å². The Morgan fingerprint density at radius 1 is 1.35 bits per heavy atom. The van der Waals surface area contributed by atoms with E-state index >= 15 is 0 Å². The van der Waals surface area contributed by atoms with Gasteiger partial charge in [0.25, 0.3) is 0 Å². The minimum Gasteiger partial charge on any atom is -0.383 e. The molecule has 0 radical (unpaired) electrons. The molecular weight excluding hydrogens is 255 g/mol. The van der Waals surface area contributed by atoms with Crippen molar-refractivity contribution in [3.8, 4) is 6.07 Å². The van der Waals surface area contributed by atoms with Crippen LogP contribution < -0.4 is 5.32 Å². The van der Waals surface area contributed by atoms with Gasteiger partial charge in [0.1, 0.15) is 0 Å². The van der Waals surface area contributed by atoms with Gasteiger partial charge in [0.05, 0.1) is 16.8 Å². The van der Waals surface area contributed by atoms with Crippen molar-refractivity contribution in [3.05, 3.63) is 27.7 Å². The van der Waals surface area contributed by atoms with E-state index in [1.165, 1.54) is 0 Å². The fraction of sp³-hybridized carbons (Fsp3) is 0.462. The first-order valence-electron chi connectivity index (χ1n) is 5.63. The van der Waals surface area contributed by atoms with Crippen LogP contribution in [-0.2, 0) is 0 Å². The van der Waals surface area contributed by atoms with Crippen molar-refractivity contribution >= 4 is 28.9 Å². The summed E-state index contributed by atoms with van der Waals surface area (Å²) in [5.41, 5.74) is 1.99. The Balaban J connectivity index is 2.05. The van der Waals surface area contributed by atoms with Crippen LogP contribution in [0, 0.1) is 23.7 Å². The molecule has 0 spiro atoms. The number of rotatable bonds is 4. The summed E-state index contributed by atoms with van der Waals surface area (Å²) in [5, 5.41) is 13.4. The summed E-state index contributed by atoms with van der Waals surface area (Å²) in [4.78, 5) is 0. The molecule has 0 heterocycles. The normalized spacial score (nSPS) is 16.4. The first-order chi connectivity index (χ1) is 8.06. The highest BCUT2D eigenvalue weighted by Gasteiger charge is 2.42. The molecule has 1 aliphatic carbocycles. The zero-order valence-electron chi connectivity index (χ0n) is 9.69. The van der Waals surface area contributed by atoms with Crippen molar-refractivity contribution in [2.24, 2.45) is 5.41 Å². The predicted octanol–water partition coefficient (Wildman–Crippen LogP) is 4.41. The first kappa shape index (κ1) is 12.5. The monoisotopic (exact) mass is 268 g/mol. The van der Waals surface area contributed by atoms with Gasteiger partial charge in [0, 0.05) is 23.4 Å². The zero-order chi connectivity index (χ0) is 12.5. The Hall–Kier alpha value is -0.910. The molecule has 0 amide bonds. The summed E-state index contributed by atoms with van der Waals surface area (Å²) in [6, 6.07) is 5.95. The molecule has 0 unspecified atom stereocenters. The van der Waals surface area contributed by atoms with Crippen LogP contribution in [0.25, 0.3) is 0 Å². The maximum Gasteiger partial charge on any atom is 0.0641 e. The molecule has 90 valence electrons. The number of anilines is 1. The van der Waals surface area contributed by atoms with Gasteiger partial charge in [0.15, 0.2) is 0 Å². The number of aryl methyl sites for hydroxylation is 1. The molecule has 0 atom stereocenters. The van der Waals surface area contributed by atoms with E-state index in [-0.39, 0.29) is 5.41 Å². The summed E-state index contributed by atoms with van der Waals surface area (Å²) in [6.07, 6.45) is 2.84. The second kappa shape index (κ2) is 4.76. The second-order valence-electron chi connectivity index (χ2n) is 4.77. The molecular formula is C13H14Cl2N2. The molecule has 1 aromatic rings. The number of hydrogen-bond donors (Lipinski definition) is 1. The highest BCUT2D eigenvalue weighted by molar-refractivity contribution is 6.35.